The number of carbonyl (C=O) groups excluding carboxylic acids is 1. The van der Waals surface area contributed by atoms with Crippen molar-refractivity contribution in [1.29, 1.82) is 0 Å². The molecule has 0 spiro atoms. The molecule has 0 saturated carbocycles. The van der Waals surface area contributed by atoms with Gasteiger partial charge in [0.25, 0.3) is 0 Å². The molecule has 0 amide bonds. The largest absolute Gasteiger partial charge is 0.381 e. The third-order valence-corrected chi connectivity index (χ3v) is 2.55. The quantitative estimate of drug-likeness (QED) is 0.642. The van der Waals surface area contributed by atoms with Gasteiger partial charge in [0, 0.05) is 26.4 Å². The van der Waals surface area contributed by atoms with Crippen molar-refractivity contribution in [3.63, 3.8) is 0 Å². The van der Waals surface area contributed by atoms with Gasteiger partial charge in [-0.05, 0) is 19.9 Å². The summed E-state index contributed by atoms with van der Waals surface area (Å²) in [5.74, 6) is 0.140. The molecule has 0 aromatic rings. The van der Waals surface area contributed by atoms with Gasteiger partial charge in [0.05, 0.1) is 6.54 Å². The number of rotatable bonds is 5. The van der Waals surface area contributed by atoms with E-state index in [0.717, 1.165) is 26.1 Å². The van der Waals surface area contributed by atoms with Crippen LogP contribution < -0.4 is 0 Å². The minimum atomic E-state index is 0.140. The van der Waals surface area contributed by atoms with Crippen LogP contribution in [0.4, 0.5) is 0 Å². The highest BCUT2D eigenvalue weighted by Gasteiger charge is 2.19. The van der Waals surface area contributed by atoms with Crippen molar-refractivity contribution in [1.82, 2.24) is 4.90 Å². The van der Waals surface area contributed by atoms with Crippen molar-refractivity contribution in [2.45, 2.75) is 18.9 Å². The molecule has 0 aromatic heterocycles. The van der Waals surface area contributed by atoms with Gasteiger partial charge >= 0.3 is 0 Å². The zero-order valence-electron chi connectivity index (χ0n) is 8.99. The van der Waals surface area contributed by atoms with Crippen LogP contribution in [0.2, 0.25) is 0 Å². The summed E-state index contributed by atoms with van der Waals surface area (Å²) in [5, 5.41) is 0. The fourth-order valence-electron chi connectivity index (χ4n) is 1.74. The molecule has 1 aliphatic heterocycles. The number of hydrogen-bond donors (Lipinski definition) is 0. The Hall–Kier alpha value is -0.450. The van der Waals surface area contributed by atoms with Crippen LogP contribution in [0, 0.1) is 0 Å². The average Bonchev–Trinajstić information content (AvgIpc) is 2.19. The van der Waals surface area contributed by atoms with E-state index in [-0.39, 0.29) is 12.4 Å². The van der Waals surface area contributed by atoms with Crippen LogP contribution in [0.1, 0.15) is 12.8 Å². The number of likely N-dealkylation sites (N-methyl/N-ethyl adjacent to an activating group) is 1. The number of ether oxygens (including phenoxy) is 2. The summed E-state index contributed by atoms with van der Waals surface area (Å²) in [6.45, 7) is 2.33. The Balaban J connectivity index is 2.25. The van der Waals surface area contributed by atoms with Crippen LogP contribution in [0.5, 0.6) is 0 Å². The first-order chi connectivity index (χ1) is 6.74. The lowest BCUT2D eigenvalue weighted by atomic mass is 10.1. The Morgan fingerprint density at radius 1 is 1.50 bits per heavy atom. The molecule has 82 valence electrons. The molecule has 1 rings (SSSR count). The topological polar surface area (TPSA) is 38.8 Å². The standard InChI is InChI=1S/C10H19NO3/c1-11(7-10(12)8-13-2)9-3-5-14-6-4-9/h9H,3-8H2,1-2H3. The lowest BCUT2D eigenvalue weighted by Gasteiger charge is -2.30. The summed E-state index contributed by atoms with van der Waals surface area (Å²) >= 11 is 0. The second-order valence-corrected chi connectivity index (χ2v) is 3.73. The predicted molar refractivity (Wildman–Crippen MR) is 53.4 cm³/mol. The van der Waals surface area contributed by atoms with Gasteiger partial charge in [-0.2, -0.15) is 0 Å². The third kappa shape index (κ3) is 3.74. The lowest BCUT2D eigenvalue weighted by Crippen LogP contribution is -2.40. The van der Waals surface area contributed by atoms with E-state index in [2.05, 4.69) is 4.90 Å². The number of hydrogen-bond acceptors (Lipinski definition) is 4. The lowest BCUT2D eigenvalue weighted by molar-refractivity contribution is -0.124. The molecule has 0 unspecified atom stereocenters. The van der Waals surface area contributed by atoms with Crippen LogP contribution in [-0.4, -0.2) is 57.2 Å². The fraction of sp³-hybridized carbons (Fsp3) is 0.900. The molecule has 1 saturated heterocycles. The molecule has 1 heterocycles. The van der Waals surface area contributed by atoms with Crippen molar-refractivity contribution in [3.05, 3.63) is 0 Å². The van der Waals surface area contributed by atoms with E-state index >= 15 is 0 Å². The monoisotopic (exact) mass is 201 g/mol. The average molecular weight is 201 g/mol. The van der Waals surface area contributed by atoms with Gasteiger partial charge in [-0.15, -0.1) is 0 Å². The molecular weight excluding hydrogens is 182 g/mol. The third-order valence-electron chi connectivity index (χ3n) is 2.55. The molecule has 0 radical (unpaired) electrons. The summed E-state index contributed by atoms with van der Waals surface area (Å²) in [7, 11) is 3.54. The fourth-order valence-corrected chi connectivity index (χ4v) is 1.74. The van der Waals surface area contributed by atoms with Gasteiger partial charge in [-0.1, -0.05) is 0 Å². The summed E-state index contributed by atoms with van der Waals surface area (Å²) in [6, 6.07) is 0.490. The first kappa shape index (κ1) is 11.6. The van der Waals surface area contributed by atoms with Crippen LogP contribution in [0.25, 0.3) is 0 Å². The minimum Gasteiger partial charge on any atom is -0.381 e. The van der Waals surface area contributed by atoms with Gasteiger partial charge in [0.15, 0.2) is 5.78 Å². The predicted octanol–water partition coefficient (Wildman–Crippen LogP) is 0.313. The van der Waals surface area contributed by atoms with Crippen LogP contribution >= 0.6 is 0 Å². The minimum absolute atomic E-state index is 0.140. The Morgan fingerprint density at radius 2 is 2.14 bits per heavy atom. The number of carbonyl (C=O) groups is 1. The van der Waals surface area contributed by atoms with Gasteiger partial charge < -0.3 is 9.47 Å². The van der Waals surface area contributed by atoms with Crippen molar-refractivity contribution in [2.24, 2.45) is 0 Å². The molecule has 4 nitrogen and oxygen atoms in total. The summed E-state index contributed by atoms with van der Waals surface area (Å²) in [4.78, 5) is 13.4. The normalized spacial score (nSPS) is 18.8. The number of Topliss-reactive ketones (excluding diaryl/α,β-unsaturated/α-hetero) is 1. The molecule has 1 aliphatic rings. The van der Waals surface area contributed by atoms with E-state index in [1.807, 2.05) is 7.05 Å². The number of nitrogens with zero attached hydrogens (tertiary/aromatic N) is 1. The van der Waals surface area contributed by atoms with Gasteiger partial charge in [-0.3, -0.25) is 9.69 Å². The zero-order valence-corrected chi connectivity index (χ0v) is 8.99. The van der Waals surface area contributed by atoms with Crippen molar-refractivity contribution < 1.29 is 14.3 Å². The van der Waals surface area contributed by atoms with Gasteiger partial charge in [0.1, 0.15) is 6.61 Å². The van der Waals surface area contributed by atoms with E-state index < -0.39 is 0 Å². The van der Waals surface area contributed by atoms with Crippen molar-refractivity contribution in [2.75, 3.05) is 40.5 Å². The summed E-state index contributed by atoms with van der Waals surface area (Å²) < 4.78 is 10.1. The van der Waals surface area contributed by atoms with Gasteiger partial charge in [-0.25, -0.2) is 0 Å². The number of methoxy groups -OCH3 is 1. The molecule has 0 aromatic carbocycles. The molecule has 1 fully saturated rings. The molecule has 4 heteroatoms. The first-order valence-corrected chi connectivity index (χ1v) is 5.02. The van der Waals surface area contributed by atoms with E-state index in [1.54, 1.807) is 7.11 Å². The smallest absolute Gasteiger partial charge is 0.172 e. The van der Waals surface area contributed by atoms with E-state index in [1.165, 1.54) is 0 Å². The molecule has 0 aliphatic carbocycles. The van der Waals surface area contributed by atoms with E-state index in [0.29, 0.717) is 12.6 Å². The maximum absolute atomic E-state index is 11.3. The second kappa shape index (κ2) is 6.11. The molecule has 0 N–H and O–H groups in total. The van der Waals surface area contributed by atoms with Crippen LogP contribution in [-0.2, 0) is 14.3 Å². The first-order valence-electron chi connectivity index (χ1n) is 5.02. The molecular formula is C10H19NO3. The highest BCUT2D eigenvalue weighted by Crippen LogP contribution is 2.12. The Kier molecular flexibility index (Phi) is 5.07. The summed E-state index contributed by atoms with van der Waals surface area (Å²) in [6.07, 6.45) is 2.05. The maximum atomic E-state index is 11.3. The summed E-state index contributed by atoms with van der Waals surface area (Å²) in [5.41, 5.74) is 0. The Morgan fingerprint density at radius 3 is 2.71 bits per heavy atom. The zero-order chi connectivity index (χ0) is 10.4. The second-order valence-electron chi connectivity index (χ2n) is 3.73. The Labute approximate surface area is 85.2 Å². The van der Waals surface area contributed by atoms with Crippen molar-refractivity contribution >= 4 is 5.78 Å². The highest BCUT2D eigenvalue weighted by molar-refractivity contribution is 5.81. The SMILES string of the molecule is COCC(=O)CN(C)C1CCOCC1. The molecule has 0 atom stereocenters. The van der Waals surface area contributed by atoms with Crippen molar-refractivity contribution in [3.8, 4) is 0 Å². The molecule has 14 heavy (non-hydrogen) atoms. The highest BCUT2D eigenvalue weighted by atomic mass is 16.5. The van der Waals surface area contributed by atoms with Gasteiger partial charge in [0.2, 0.25) is 0 Å². The number of ketones is 1. The molecule has 0 bridgehead atoms. The van der Waals surface area contributed by atoms with Crippen LogP contribution in [0.3, 0.4) is 0 Å². The Bertz CT molecular complexity index is 178. The maximum Gasteiger partial charge on any atom is 0.172 e. The van der Waals surface area contributed by atoms with E-state index in [4.69, 9.17) is 9.47 Å². The van der Waals surface area contributed by atoms with Crippen LogP contribution in [0.15, 0.2) is 0 Å². The van der Waals surface area contributed by atoms with E-state index in [9.17, 15) is 4.79 Å².